The third kappa shape index (κ3) is 3.33. The normalized spacial score (nSPS) is 14.8. The van der Waals surface area contributed by atoms with E-state index in [0.717, 1.165) is 5.56 Å². The van der Waals surface area contributed by atoms with Crippen molar-refractivity contribution in [1.82, 2.24) is 5.32 Å². The summed E-state index contributed by atoms with van der Waals surface area (Å²) in [5, 5.41) is 3.37. The first kappa shape index (κ1) is 14.7. The fourth-order valence-electron chi connectivity index (χ4n) is 2.40. The highest BCUT2D eigenvalue weighted by Crippen LogP contribution is 2.29. The number of hydrogen-bond donors (Lipinski definition) is 2. The van der Waals surface area contributed by atoms with Crippen molar-refractivity contribution >= 4 is 5.91 Å². The molecule has 0 aromatic heterocycles. The second-order valence-corrected chi connectivity index (χ2v) is 5.53. The Morgan fingerprint density at radius 3 is 2.17 bits per heavy atom. The van der Waals surface area contributed by atoms with Crippen molar-refractivity contribution in [3.63, 3.8) is 0 Å². The van der Waals surface area contributed by atoms with Gasteiger partial charge in [0, 0.05) is 6.04 Å². The molecular formula is C15H24N2O. The molecular weight excluding hydrogens is 224 g/mol. The summed E-state index contributed by atoms with van der Waals surface area (Å²) in [6.07, 6.45) is 0.699. The maximum atomic E-state index is 12.1. The van der Waals surface area contributed by atoms with Gasteiger partial charge in [0.1, 0.15) is 5.54 Å². The quantitative estimate of drug-likeness (QED) is 0.812. The smallest absolute Gasteiger partial charge is 0.242 e. The number of carbonyl (C=O) groups excluding carboxylic acids is 1. The molecule has 0 spiro atoms. The first-order valence-corrected chi connectivity index (χ1v) is 6.51. The van der Waals surface area contributed by atoms with Gasteiger partial charge >= 0.3 is 0 Å². The second-order valence-electron chi connectivity index (χ2n) is 5.53. The molecule has 3 nitrogen and oxygen atoms in total. The predicted molar refractivity (Wildman–Crippen MR) is 75.0 cm³/mol. The first-order valence-electron chi connectivity index (χ1n) is 6.51. The van der Waals surface area contributed by atoms with Crippen LogP contribution in [0.3, 0.4) is 0 Å². The zero-order valence-electron chi connectivity index (χ0n) is 11.7. The van der Waals surface area contributed by atoms with Crippen LogP contribution in [0.15, 0.2) is 30.3 Å². The Morgan fingerprint density at radius 1 is 1.22 bits per heavy atom. The molecule has 0 bridgehead atoms. The molecule has 0 aliphatic rings. The average molecular weight is 248 g/mol. The first-order chi connectivity index (χ1) is 8.38. The number of carbonyl (C=O) groups is 1. The summed E-state index contributed by atoms with van der Waals surface area (Å²) in [4.78, 5) is 12.1. The Morgan fingerprint density at radius 2 is 1.78 bits per heavy atom. The molecule has 18 heavy (non-hydrogen) atoms. The van der Waals surface area contributed by atoms with Crippen LogP contribution in [0.4, 0.5) is 0 Å². The lowest BCUT2D eigenvalue weighted by molar-refractivity contribution is -0.125. The fraction of sp³-hybridized carbons (Fsp3) is 0.533. The van der Waals surface area contributed by atoms with Crippen molar-refractivity contribution in [3.8, 4) is 0 Å². The molecule has 1 rings (SSSR count). The van der Waals surface area contributed by atoms with E-state index < -0.39 is 5.54 Å². The molecule has 0 heterocycles. The third-order valence-electron chi connectivity index (χ3n) is 2.94. The highest BCUT2D eigenvalue weighted by Gasteiger charge is 2.39. The Balaban J connectivity index is 3.24. The van der Waals surface area contributed by atoms with Gasteiger partial charge in [0.25, 0.3) is 0 Å². The highest BCUT2D eigenvalue weighted by atomic mass is 16.1. The van der Waals surface area contributed by atoms with Gasteiger partial charge in [-0.15, -0.1) is 0 Å². The molecule has 1 amide bonds. The van der Waals surface area contributed by atoms with Crippen molar-refractivity contribution in [3.05, 3.63) is 35.9 Å². The Labute approximate surface area is 110 Å². The summed E-state index contributed by atoms with van der Waals surface area (Å²) < 4.78 is 0. The van der Waals surface area contributed by atoms with Gasteiger partial charge in [0.2, 0.25) is 5.91 Å². The van der Waals surface area contributed by atoms with Crippen molar-refractivity contribution in [1.29, 1.82) is 0 Å². The largest absolute Gasteiger partial charge is 0.368 e. The number of nitrogens with two attached hydrogens (primary N) is 1. The minimum Gasteiger partial charge on any atom is -0.368 e. The standard InChI is InChI=1S/C15H24N2O/c1-11(2)10-15(14(16)18,17-12(3)4)13-8-6-5-7-9-13/h5-9,11-12,17H,10H2,1-4H3,(H2,16,18). The summed E-state index contributed by atoms with van der Waals surface area (Å²) >= 11 is 0. The van der Waals surface area contributed by atoms with Gasteiger partial charge in [-0.1, -0.05) is 44.2 Å². The van der Waals surface area contributed by atoms with Crippen LogP contribution in [0.1, 0.15) is 39.7 Å². The number of hydrogen-bond acceptors (Lipinski definition) is 2. The minimum atomic E-state index is -0.774. The third-order valence-corrected chi connectivity index (χ3v) is 2.94. The van der Waals surface area contributed by atoms with E-state index in [1.165, 1.54) is 0 Å². The van der Waals surface area contributed by atoms with Gasteiger partial charge in [0.15, 0.2) is 0 Å². The van der Waals surface area contributed by atoms with Crippen LogP contribution in [-0.2, 0) is 10.3 Å². The maximum absolute atomic E-state index is 12.1. The molecule has 0 radical (unpaired) electrons. The zero-order valence-corrected chi connectivity index (χ0v) is 11.7. The lowest BCUT2D eigenvalue weighted by Gasteiger charge is -2.35. The molecule has 0 saturated heterocycles. The number of primary amides is 1. The van der Waals surface area contributed by atoms with Crippen LogP contribution in [0.2, 0.25) is 0 Å². The van der Waals surface area contributed by atoms with Crippen molar-refractivity contribution in [2.24, 2.45) is 11.7 Å². The van der Waals surface area contributed by atoms with Crippen molar-refractivity contribution < 1.29 is 4.79 Å². The molecule has 0 aliphatic carbocycles. The van der Waals surface area contributed by atoms with Crippen LogP contribution in [0.5, 0.6) is 0 Å². The van der Waals surface area contributed by atoms with Crippen LogP contribution in [0.25, 0.3) is 0 Å². The van der Waals surface area contributed by atoms with Gasteiger partial charge in [0.05, 0.1) is 0 Å². The number of benzene rings is 1. The summed E-state index contributed by atoms with van der Waals surface area (Å²) in [5.74, 6) is 0.0695. The molecule has 1 aromatic rings. The minimum absolute atomic E-state index is 0.191. The molecule has 100 valence electrons. The van der Waals surface area contributed by atoms with Crippen LogP contribution >= 0.6 is 0 Å². The molecule has 1 unspecified atom stereocenters. The van der Waals surface area contributed by atoms with E-state index in [9.17, 15) is 4.79 Å². The van der Waals surface area contributed by atoms with E-state index in [-0.39, 0.29) is 11.9 Å². The molecule has 3 N–H and O–H groups in total. The number of rotatable bonds is 6. The second kappa shape index (κ2) is 6.01. The summed E-state index contributed by atoms with van der Waals surface area (Å²) in [7, 11) is 0. The predicted octanol–water partition coefficient (Wildman–Crippen LogP) is 2.41. The fourth-order valence-corrected chi connectivity index (χ4v) is 2.40. The van der Waals surface area contributed by atoms with E-state index in [4.69, 9.17) is 5.73 Å². The van der Waals surface area contributed by atoms with Gasteiger partial charge in [-0.2, -0.15) is 0 Å². The topological polar surface area (TPSA) is 55.1 Å². The summed E-state index contributed by atoms with van der Waals surface area (Å²) in [6, 6.07) is 9.94. The van der Waals surface area contributed by atoms with Crippen molar-refractivity contribution in [2.45, 2.75) is 45.7 Å². The van der Waals surface area contributed by atoms with E-state index >= 15 is 0 Å². The Kier molecular flexibility index (Phi) is 4.91. The molecule has 0 fully saturated rings. The lowest BCUT2D eigenvalue weighted by Crippen LogP contribution is -2.55. The SMILES string of the molecule is CC(C)CC(NC(C)C)(C(N)=O)c1ccccc1. The molecule has 1 atom stereocenters. The summed E-state index contributed by atoms with van der Waals surface area (Å²) in [5.41, 5.74) is 5.87. The van der Waals surface area contributed by atoms with E-state index in [0.29, 0.717) is 12.3 Å². The maximum Gasteiger partial charge on any atom is 0.242 e. The van der Waals surface area contributed by atoms with Crippen LogP contribution < -0.4 is 11.1 Å². The molecule has 0 aliphatic heterocycles. The molecule has 1 aromatic carbocycles. The van der Waals surface area contributed by atoms with Crippen LogP contribution in [-0.4, -0.2) is 11.9 Å². The van der Waals surface area contributed by atoms with E-state index in [1.807, 2.05) is 44.2 Å². The summed E-state index contributed by atoms with van der Waals surface area (Å²) in [6.45, 7) is 8.26. The van der Waals surface area contributed by atoms with Crippen molar-refractivity contribution in [2.75, 3.05) is 0 Å². The van der Waals surface area contributed by atoms with Gasteiger partial charge in [-0.3, -0.25) is 10.1 Å². The van der Waals surface area contributed by atoms with Gasteiger partial charge in [-0.25, -0.2) is 0 Å². The highest BCUT2D eigenvalue weighted by molar-refractivity contribution is 5.86. The van der Waals surface area contributed by atoms with E-state index in [2.05, 4.69) is 19.2 Å². The molecule has 3 heteroatoms. The monoisotopic (exact) mass is 248 g/mol. The molecule has 0 saturated carbocycles. The lowest BCUT2D eigenvalue weighted by atomic mass is 9.81. The number of nitrogens with one attached hydrogen (secondary N) is 1. The average Bonchev–Trinajstić information content (AvgIpc) is 2.27. The van der Waals surface area contributed by atoms with Gasteiger partial charge in [-0.05, 0) is 31.7 Å². The van der Waals surface area contributed by atoms with Gasteiger partial charge < -0.3 is 5.73 Å². The van der Waals surface area contributed by atoms with Crippen LogP contribution in [0, 0.1) is 5.92 Å². The Hall–Kier alpha value is -1.35. The zero-order chi connectivity index (χ0) is 13.8. The Bertz CT molecular complexity index is 375. The number of amides is 1. The van der Waals surface area contributed by atoms with E-state index in [1.54, 1.807) is 0 Å².